The Morgan fingerprint density at radius 1 is 1.32 bits per heavy atom. The largest absolute Gasteiger partial charge is 0.392 e. The number of aliphatic hydroxyl groups excluding tert-OH is 1. The second-order valence-corrected chi connectivity index (χ2v) is 6.69. The fraction of sp³-hybridized carbons (Fsp3) is 0.538. The Labute approximate surface area is 113 Å². The van der Waals surface area contributed by atoms with E-state index in [1.165, 1.54) is 4.31 Å². The standard InChI is InChI=1S/C13H19NO4S/c1-11-9-18-7-6-14(11)19(16,17)10-13-4-2-12(8-15)3-5-13/h2-5,11,15H,6-10H2,1H3. The molecule has 1 saturated heterocycles. The molecule has 1 fully saturated rings. The van der Waals surface area contributed by atoms with Gasteiger partial charge in [-0.05, 0) is 18.1 Å². The molecule has 2 rings (SSSR count). The summed E-state index contributed by atoms with van der Waals surface area (Å²) in [5, 5.41) is 8.96. The fourth-order valence-corrected chi connectivity index (χ4v) is 3.90. The Hall–Kier alpha value is -0.950. The predicted octanol–water partition coefficient (Wildman–Crippen LogP) is 0.729. The summed E-state index contributed by atoms with van der Waals surface area (Å²) in [6.07, 6.45) is 0. The number of aliphatic hydroxyl groups is 1. The van der Waals surface area contributed by atoms with Gasteiger partial charge in [0, 0.05) is 12.6 Å². The van der Waals surface area contributed by atoms with Crippen molar-refractivity contribution >= 4 is 10.0 Å². The third kappa shape index (κ3) is 3.54. The minimum atomic E-state index is -3.31. The van der Waals surface area contributed by atoms with E-state index in [9.17, 15) is 8.42 Å². The molecule has 6 heteroatoms. The summed E-state index contributed by atoms with van der Waals surface area (Å²) < 4.78 is 31.4. The average Bonchev–Trinajstić information content (AvgIpc) is 2.39. The smallest absolute Gasteiger partial charge is 0.218 e. The number of hydrogen-bond donors (Lipinski definition) is 1. The summed E-state index contributed by atoms with van der Waals surface area (Å²) >= 11 is 0. The Kier molecular flexibility index (Phi) is 4.57. The molecule has 0 bridgehead atoms. The maximum Gasteiger partial charge on any atom is 0.218 e. The highest BCUT2D eigenvalue weighted by atomic mass is 32.2. The first kappa shape index (κ1) is 14.5. The molecular formula is C13H19NO4S. The number of sulfonamides is 1. The summed E-state index contributed by atoms with van der Waals surface area (Å²) in [6, 6.07) is 6.86. The first-order valence-electron chi connectivity index (χ1n) is 6.29. The van der Waals surface area contributed by atoms with Gasteiger partial charge in [-0.2, -0.15) is 4.31 Å². The topological polar surface area (TPSA) is 66.8 Å². The van der Waals surface area contributed by atoms with Crippen LogP contribution in [0.4, 0.5) is 0 Å². The number of rotatable bonds is 4. The minimum Gasteiger partial charge on any atom is -0.392 e. The van der Waals surface area contributed by atoms with Gasteiger partial charge in [-0.25, -0.2) is 8.42 Å². The molecule has 0 aromatic heterocycles. The van der Waals surface area contributed by atoms with Crippen LogP contribution in [0, 0.1) is 0 Å². The lowest BCUT2D eigenvalue weighted by atomic mass is 10.2. The second kappa shape index (κ2) is 6.00. The van der Waals surface area contributed by atoms with Gasteiger partial charge < -0.3 is 9.84 Å². The van der Waals surface area contributed by atoms with Gasteiger partial charge in [0.25, 0.3) is 0 Å². The van der Waals surface area contributed by atoms with Crippen LogP contribution < -0.4 is 0 Å². The Morgan fingerprint density at radius 3 is 2.53 bits per heavy atom. The van der Waals surface area contributed by atoms with E-state index in [0.717, 1.165) is 11.1 Å². The third-order valence-electron chi connectivity index (χ3n) is 3.22. The van der Waals surface area contributed by atoms with Gasteiger partial charge in [0.2, 0.25) is 10.0 Å². The molecule has 1 unspecified atom stereocenters. The van der Waals surface area contributed by atoms with Gasteiger partial charge in [0.05, 0.1) is 25.6 Å². The first-order valence-corrected chi connectivity index (χ1v) is 7.90. The highest BCUT2D eigenvalue weighted by Gasteiger charge is 2.29. The molecule has 1 aromatic carbocycles. The van der Waals surface area contributed by atoms with Crippen LogP contribution in [0.2, 0.25) is 0 Å². The number of hydrogen-bond acceptors (Lipinski definition) is 4. The van der Waals surface area contributed by atoms with Crippen LogP contribution in [-0.2, 0) is 27.1 Å². The molecule has 0 saturated carbocycles. The van der Waals surface area contributed by atoms with Gasteiger partial charge >= 0.3 is 0 Å². The lowest BCUT2D eigenvalue weighted by Gasteiger charge is -2.32. The normalized spacial score (nSPS) is 21.5. The summed E-state index contributed by atoms with van der Waals surface area (Å²) in [5.74, 6) is -0.0109. The van der Waals surface area contributed by atoms with Crippen molar-refractivity contribution in [2.24, 2.45) is 0 Å². The predicted molar refractivity (Wildman–Crippen MR) is 72.0 cm³/mol. The number of morpholine rings is 1. The van der Waals surface area contributed by atoms with Crippen molar-refractivity contribution in [3.63, 3.8) is 0 Å². The van der Waals surface area contributed by atoms with Crippen LogP contribution in [0.1, 0.15) is 18.1 Å². The Morgan fingerprint density at radius 2 is 1.95 bits per heavy atom. The van der Waals surface area contributed by atoms with Crippen LogP contribution in [0.15, 0.2) is 24.3 Å². The molecule has 1 aliphatic heterocycles. The molecule has 0 spiro atoms. The highest BCUT2D eigenvalue weighted by molar-refractivity contribution is 7.88. The van der Waals surface area contributed by atoms with E-state index in [1.807, 2.05) is 6.92 Å². The van der Waals surface area contributed by atoms with Gasteiger partial charge in [-0.1, -0.05) is 24.3 Å². The summed E-state index contributed by atoms with van der Waals surface area (Å²) in [7, 11) is -3.31. The summed E-state index contributed by atoms with van der Waals surface area (Å²) in [6.45, 7) is 3.13. The molecule has 19 heavy (non-hydrogen) atoms. The van der Waals surface area contributed by atoms with Crippen LogP contribution in [0.5, 0.6) is 0 Å². The van der Waals surface area contributed by atoms with Crippen molar-refractivity contribution in [2.45, 2.75) is 25.3 Å². The van der Waals surface area contributed by atoms with Gasteiger partial charge in [-0.3, -0.25) is 0 Å². The Balaban J connectivity index is 2.11. The molecule has 1 atom stereocenters. The van der Waals surface area contributed by atoms with Crippen molar-refractivity contribution in [2.75, 3.05) is 19.8 Å². The SMILES string of the molecule is CC1COCCN1S(=O)(=O)Cc1ccc(CO)cc1. The molecule has 0 radical (unpaired) electrons. The van der Waals surface area contributed by atoms with Crippen LogP contribution in [-0.4, -0.2) is 43.6 Å². The van der Waals surface area contributed by atoms with Crippen LogP contribution in [0.3, 0.4) is 0 Å². The lowest BCUT2D eigenvalue weighted by molar-refractivity contribution is 0.0392. The maximum absolute atomic E-state index is 12.3. The summed E-state index contributed by atoms with van der Waals surface area (Å²) in [5.41, 5.74) is 1.51. The van der Waals surface area contributed by atoms with E-state index < -0.39 is 10.0 Å². The van der Waals surface area contributed by atoms with Gasteiger partial charge in [-0.15, -0.1) is 0 Å². The van der Waals surface area contributed by atoms with E-state index in [1.54, 1.807) is 24.3 Å². The van der Waals surface area contributed by atoms with E-state index in [-0.39, 0.29) is 18.4 Å². The average molecular weight is 285 g/mol. The number of nitrogens with zero attached hydrogens (tertiary/aromatic N) is 1. The van der Waals surface area contributed by atoms with E-state index in [2.05, 4.69) is 0 Å². The maximum atomic E-state index is 12.3. The first-order chi connectivity index (χ1) is 9.03. The van der Waals surface area contributed by atoms with Crippen LogP contribution in [0.25, 0.3) is 0 Å². The third-order valence-corrected chi connectivity index (χ3v) is 5.17. The lowest BCUT2D eigenvalue weighted by Crippen LogP contribution is -2.47. The van der Waals surface area contributed by atoms with Crippen molar-refractivity contribution in [1.29, 1.82) is 0 Å². The minimum absolute atomic E-state index is 0.0109. The van der Waals surface area contributed by atoms with E-state index in [4.69, 9.17) is 9.84 Å². The molecule has 0 amide bonds. The van der Waals surface area contributed by atoms with Crippen molar-refractivity contribution in [1.82, 2.24) is 4.31 Å². The molecule has 1 N–H and O–H groups in total. The highest BCUT2D eigenvalue weighted by Crippen LogP contribution is 2.17. The monoisotopic (exact) mass is 285 g/mol. The molecule has 1 aliphatic rings. The molecular weight excluding hydrogens is 266 g/mol. The van der Waals surface area contributed by atoms with Gasteiger partial charge in [0.1, 0.15) is 0 Å². The van der Waals surface area contributed by atoms with E-state index in [0.29, 0.717) is 19.8 Å². The fourth-order valence-electron chi connectivity index (χ4n) is 2.16. The number of benzene rings is 1. The van der Waals surface area contributed by atoms with E-state index >= 15 is 0 Å². The van der Waals surface area contributed by atoms with Gasteiger partial charge in [0.15, 0.2) is 0 Å². The van der Waals surface area contributed by atoms with Crippen LogP contribution >= 0.6 is 0 Å². The quantitative estimate of drug-likeness (QED) is 0.885. The summed E-state index contributed by atoms with van der Waals surface area (Å²) in [4.78, 5) is 0. The van der Waals surface area contributed by atoms with Crippen molar-refractivity contribution in [3.8, 4) is 0 Å². The zero-order valence-electron chi connectivity index (χ0n) is 10.9. The molecule has 5 nitrogen and oxygen atoms in total. The molecule has 1 heterocycles. The zero-order chi connectivity index (χ0) is 13.9. The zero-order valence-corrected chi connectivity index (χ0v) is 11.8. The van der Waals surface area contributed by atoms with Crippen molar-refractivity contribution < 1.29 is 18.3 Å². The number of ether oxygens (including phenoxy) is 1. The molecule has 1 aromatic rings. The Bertz CT molecular complexity index is 512. The van der Waals surface area contributed by atoms with Crippen molar-refractivity contribution in [3.05, 3.63) is 35.4 Å². The molecule has 106 valence electrons. The molecule has 0 aliphatic carbocycles. The second-order valence-electron chi connectivity index (χ2n) is 4.77.